The second-order valence-corrected chi connectivity index (χ2v) is 1.28. The molecule has 0 saturated heterocycles. The molecule has 0 fully saturated rings. The number of carbonyl (C=O) groups is 1. The fraction of sp³-hybridized carbons (Fsp3) is 0. The Morgan fingerprint density at radius 1 is 1.38 bits per heavy atom. The molecule has 0 radical (unpaired) electrons. The zero-order valence-corrected chi connectivity index (χ0v) is 8.14. The van der Waals surface area contributed by atoms with E-state index < -0.39 is 10.4 Å². The van der Waals surface area contributed by atoms with E-state index in [1.165, 1.54) is 0 Å². The van der Waals surface area contributed by atoms with Crippen LogP contribution in [0.25, 0.3) is 0 Å². The molecule has 0 aromatic carbocycles. The monoisotopic (exact) mass is 166 g/mol. The van der Waals surface area contributed by atoms with Gasteiger partial charge in [-0.25, -0.2) is 8.42 Å². The summed E-state index contributed by atoms with van der Waals surface area (Å²) >= 11 is 0. The summed E-state index contributed by atoms with van der Waals surface area (Å²) in [6.45, 7) is 2.00. The number of carbonyl (C=O) groups excluding carboxylic acids is 1. The summed E-state index contributed by atoms with van der Waals surface area (Å²) in [6.07, 6.45) is 0. The standard InChI is InChI=1S/CH2O.K.H2O4S/c1-2;;1-5(2,3)4/h1H2;;(H2,1,2,3,4)/q;+1;/p-1. The zero-order valence-electron chi connectivity index (χ0n) is 4.20. The molecule has 0 heterocycles. The maximum atomic E-state index is 8.63. The smallest absolute Gasteiger partial charge is 0.726 e. The van der Waals surface area contributed by atoms with Crippen molar-refractivity contribution in [1.29, 1.82) is 0 Å². The van der Waals surface area contributed by atoms with Crippen LogP contribution >= 0.6 is 0 Å². The summed E-state index contributed by atoms with van der Waals surface area (Å²) < 4.78 is 32.8. The molecule has 0 aliphatic carbocycles. The number of rotatable bonds is 0. The van der Waals surface area contributed by atoms with Crippen LogP contribution in [0.15, 0.2) is 0 Å². The molecule has 8 heavy (non-hydrogen) atoms. The van der Waals surface area contributed by atoms with E-state index in [1.807, 2.05) is 6.79 Å². The van der Waals surface area contributed by atoms with E-state index in [9.17, 15) is 0 Å². The Bertz CT molecular complexity index is 106. The Morgan fingerprint density at radius 2 is 1.38 bits per heavy atom. The van der Waals surface area contributed by atoms with Crippen molar-refractivity contribution in [2.24, 2.45) is 0 Å². The maximum Gasteiger partial charge on any atom is 1.00 e. The van der Waals surface area contributed by atoms with Crippen LogP contribution in [0.1, 0.15) is 0 Å². The van der Waals surface area contributed by atoms with Gasteiger partial charge in [-0.2, -0.15) is 0 Å². The van der Waals surface area contributed by atoms with Crippen molar-refractivity contribution in [3.05, 3.63) is 0 Å². The molecule has 0 aromatic rings. The molecule has 0 bridgehead atoms. The normalized spacial score (nSPS) is 7.75. The van der Waals surface area contributed by atoms with Crippen molar-refractivity contribution in [3.8, 4) is 0 Å². The third kappa shape index (κ3) is 198. The number of hydrogen-bond acceptors (Lipinski definition) is 4. The first kappa shape index (κ1) is 16.1. The average Bonchev–Trinajstić information content (AvgIpc) is 1.36. The summed E-state index contributed by atoms with van der Waals surface area (Å²) in [5, 5.41) is 0. The van der Waals surface area contributed by atoms with Gasteiger partial charge in [0.25, 0.3) is 0 Å². The van der Waals surface area contributed by atoms with Gasteiger partial charge in [-0.05, 0) is 0 Å². The van der Waals surface area contributed by atoms with E-state index in [1.54, 1.807) is 0 Å². The first-order chi connectivity index (χ1) is 3.00. The summed E-state index contributed by atoms with van der Waals surface area (Å²) in [5.74, 6) is 0. The third-order valence-corrected chi connectivity index (χ3v) is 0. The molecule has 1 N–H and O–H groups in total. The van der Waals surface area contributed by atoms with E-state index in [4.69, 9.17) is 22.3 Å². The van der Waals surface area contributed by atoms with Crippen LogP contribution in [0, 0.1) is 0 Å². The van der Waals surface area contributed by atoms with Gasteiger partial charge in [0.05, 0.1) is 0 Å². The third-order valence-electron chi connectivity index (χ3n) is 0. The van der Waals surface area contributed by atoms with Gasteiger partial charge >= 0.3 is 51.4 Å². The minimum atomic E-state index is -4.92. The first-order valence-corrected chi connectivity index (χ1v) is 2.34. The van der Waals surface area contributed by atoms with Crippen LogP contribution in [0.2, 0.25) is 0 Å². The van der Waals surface area contributed by atoms with Gasteiger partial charge in [-0.1, -0.05) is 0 Å². The van der Waals surface area contributed by atoms with Crippen molar-refractivity contribution in [2.75, 3.05) is 0 Å². The SMILES string of the molecule is C=O.O=S(=O)([O-])O.[K+]. The van der Waals surface area contributed by atoms with Gasteiger partial charge in [-0.3, -0.25) is 4.55 Å². The van der Waals surface area contributed by atoms with Gasteiger partial charge in [-0.15, -0.1) is 0 Å². The second kappa shape index (κ2) is 8.18. The molecule has 0 atom stereocenters. The molecule has 0 rings (SSSR count). The van der Waals surface area contributed by atoms with Crippen LogP contribution in [-0.2, 0) is 15.2 Å². The Labute approximate surface area is 89.5 Å². The van der Waals surface area contributed by atoms with Gasteiger partial charge in [0.1, 0.15) is 6.79 Å². The van der Waals surface area contributed by atoms with Crippen molar-refractivity contribution >= 4 is 17.2 Å². The Hall–Kier alpha value is 1.18. The molecule has 0 spiro atoms. The topological polar surface area (TPSA) is 94.5 Å². The van der Waals surface area contributed by atoms with Gasteiger partial charge in [0, 0.05) is 0 Å². The van der Waals surface area contributed by atoms with Crippen molar-refractivity contribution in [2.45, 2.75) is 0 Å². The predicted octanol–water partition coefficient (Wildman–Crippen LogP) is -4.18. The summed E-state index contributed by atoms with van der Waals surface area (Å²) in [7, 11) is -4.92. The van der Waals surface area contributed by atoms with Crippen LogP contribution in [0.5, 0.6) is 0 Å². The molecule has 5 nitrogen and oxygen atoms in total. The van der Waals surface area contributed by atoms with Crippen LogP contribution in [0.3, 0.4) is 0 Å². The van der Waals surface area contributed by atoms with Crippen molar-refractivity contribution < 1.29 is 73.7 Å². The summed E-state index contributed by atoms with van der Waals surface area (Å²) in [4.78, 5) is 8.00. The van der Waals surface area contributed by atoms with Crippen LogP contribution in [0.4, 0.5) is 0 Å². The van der Waals surface area contributed by atoms with E-state index in [2.05, 4.69) is 0 Å². The molecule has 0 aliphatic heterocycles. The van der Waals surface area contributed by atoms with Gasteiger partial charge < -0.3 is 9.35 Å². The molecule has 0 aromatic heterocycles. The van der Waals surface area contributed by atoms with E-state index in [0.29, 0.717) is 0 Å². The molecular formula is CH3KO5S. The second-order valence-electron chi connectivity index (χ2n) is 0.428. The fourth-order valence-electron chi connectivity index (χ4n) is 0. The predicted molar refractivity (Wildman–Crippen MR) is 19.4 cm³/mol. The fourth-order valence-corrected chi connectivity index (χ4v) is 0. The van der Waals surface area contributed by atoms with E-state index in [-0.39, 0.29) is 51.4 Å². The molecule has 44 valence electrons. The zero-order chi connectivity index (χ0) is 6.50. The minimum Gasteiger partial charge on any atom is -0.726 e. The Morgan fingerprint density at radius 3 is 1.38 bits per heavy atom. The van der Waals surface area contributed by atoms with Gasteiger partial charge in [0.15, 0.2) is 0 Å². The average molecular weight is 166 g/mol. The van der Waals surface area contributed by atoms with E-state index in [0.717, 1.165) is 0 Å². The van der Waals surface area contributed by atoms with Crippen molar-refractivity contribution in [1.82, 2.24) is 0 Å². The molecule has 0 unspecified atom stereocenters. The molecule has 0 saturated carbocycles. The molecule has 0 amide bonds. The Kier molecular flexibility index (Phi) is 16.4. The quantitative estimate of drug-likeness (QED) is 0.224. The van der Waals surface area contributed by atoms with Gasteiger partial charge in [0.2, 0.25) is 10.4 Å². The molecule has 7 heteroatoms. The summed E-state index contributed by atoms with van der Waals surface area (Å²) in [5.41, 5.74) is 0. The first-order valence-electron chi connectivity index (χ1n) is 0.971. The molecular weight excluding hydrogens is 163 g/mol. The minimum absolute atomic E-state index is 0. The number of hydrogen-bond donors (Lipinski definition) is 1. The van der Waals surface area contributed by atoms with E-state index >= 15 is 0 Å². The van der Waals surface area contributed by atoms with Crippen LogP contribution < -0.4 is 51.4 Å². The molecule has 0 aliphatic rings. The Balaban J connectivity index is -0.0000000750. The summed E-state index contributed by atoms with van der Waals surface area (Å²) in [6, 6.07) is 0. The maximum absolute atomic E-state index is 8.63. The van der Waals surface area contributed by atoms with Crippen LogP contribution in [-0.4, -0.2) is 24.3 Å². The largest absolute Gasteiger partial charge is 1.00 e. The van der Waals surface area contributed by atoms with Crippen molar-refractivity contribution in [3.63, 3.8) is 0 Å².